The average molecular weight is 258 g/mol. The molecule has 1 aliphatic rings. The van der Waals surface area contributed by atoms with Crippen LogP contribution in [0, 0.1) is 18.3 Å². The van der Waals surface area contributed by atoms with E-state index in [0.29, 0.717) is 5.56 Å². The maximum Gasteiger partial charge on any atom is 0.217 e. The Kier molecular flexibility index (Phi) is 4.00. The number of rotatable bonds is 2. The number of aromatic nitrogens is 1. The first-order valence-corrected chi connectivity index (χ1v) is 6.49. The summed E-state index contributed by atoms with van der Waals surface area (Å²) in [5.41, 5.74) is 1.61. The predicted molar refractivity (Wildman–Crippen MR) is 72.7 cm³/mol. The fraction of sp³-hybridized carbons (Fsp3) is 0.500. The number of hydrogen-bond donors (Lipinski definition) is 1. The standard InChI is InChI=1S/C14H18N4O/c1-10-3-6-16-14(13(10)9-15)18-7-4-12(5-8-18)17-11(2)19/h3,6,12H,4-5,7-8H2,1-2H3,(H,17,19). The molecule has 0 spiro atoms. The van der Waals surface area contributed by atoms with Gasteiger partial charge in [0, 0.05) is 32.3 Å². The van der Waals surface area contributed by atoms with Gasteiger partial charge < -0.3 is 10.2 Å². The van der Waals surface area contributed by atoms with Crippen LogP contribution in [0.4, 0.5) is 5.82 Å². The van der Waals surface area contributed by atoms with Gasteiger partial charge in [0.15, 0.2) is 0 Å². The van der Waals surface area contributed by atoms with E-state index in [2.05, 4.69) is 21.3 Å². The highest BCUT2D eigenvalue weighted by Gasteiger charge is 2.22. The van der Waals surface area contributed by atoms with Crippen molar-refractivity contribution in [2.24, 2.45) is 0 Å². The van der Waals surface area contributed by atoms with Gasteiger partial charge in [-0.15, -0.1) is 0 Å². The molecule has 1 fully saturated rings. The number of nitrogens with zero attached hydrogens (tertiary/aromatic N) is 3. The van der Waals surface area contributed by atoms with Gasteiger partial charge in [0.1, 0.15) is 11.9 Å². The Balaban J connectivity index is 2.08. The highest BCUT2D eigenvalue weighted by molar-refractivity contribution is 5.73. The molecule has 100 valence electrons. The van der Waals surface area contributed by atoms with Crippen LogP contribution in [0.1, 0.15) is 30.9 Å². The molecule has 0 saturated carbocycles. The Morgan fingerprint density at radius 1 is 1.53 bits per heavy atom. The number of anilines is 1. The number of nitriles is 1. The molecule has 19 heavy (non-hydrogen) atoms. The molecule has 2 rings (SSSR count). The Morgan fingerprint density at radius 2 is 2.21 bits per heavy atom. The summed E-state index contributed by atoms with van der Waals surface area (Å²) in [7, 11) is 0. The smallest absolute Gasteiger partial charge is 0.217 e. The van der Waals surface area contributed by atoms with Gasteiger partial charge in [0.05, 0.1) is 5.56 Å². The van der Waals surface area contributed by atoms with Crippen molar-refractivity contribution >= 4 is 11.7 Å². The van der Waals surface area contributed by atoms with E-state index in [1.807, 2.05) is 13.0 Å². The number of aryl methyl sites for hydroxylation is 1. The minimum atomic E-state index is 0.0184. The number of pyridine rings is 1. The van der Waals surface area contributed by atoms with Crippen LogP contribution in [-0.2, 0) is 4.79 Å². The molecule has 0 bridgehead atoms. The molecule has 1 saturated heterocycles. The Morgan fingerprint density at radius 3 is 2.79 bits per heavy atom. The van der Waals surface area contributed by atoms with Crippen LogP contribution in [0.15, 0.2) is 12.3 Å². The SMILES string of the molecule is CC(=O)NC1CCN(c2nccc(C)c2C#N)CC1. The normalized spacial score (nSPS) is 15.9. The maximum atomic E-state index is 11.0. The third kappa shape index (κ3) is 3.02. The van der Waals surface area contributed by atoms with E-state index in [4.69, 9.17) is 0 Å². The van der Waals surface area contributed by atoms with Gasteiger partial charge in [-0.05, 0) is 31.4 Å². The van der Waals surface area contributed by atoms with Crippen molar-refractivity contribution in [2.75, 3.05) is 18.0 Å². The number of carbonyl (C=O) groups excluding carboxylic acids is 1. The van der Waals surface area contributed by atoms with Crippen molar-refractivity contribution in [1.82, 2.24) is 10.3 Å². The van der Waals surface area contributed by atoms with Gasteiger partial charge in [-0.1, -0.05) is 0 Å². The summed E-state index contributed by atoms with van der Waals surface area (Å²) >= 11 is 0. The molecular formula is C14H18N4O. The van der Waals surface area contributed by atoms with E-state index in [9.17, 15) is 10.1 Å². The molecular weight excluding hydrogens is 240 g/mol. The van der Waals surface area contributed by atoms with Crippen LogP contribution >= 0.6 is 0 Å². The highest BCUT2D eigenvalue weighted by Crippen LogP contribution is 2.23. The second-order valence-electron chi connectivity index (χ2n) is 4.90. The van der Waals surface area contributed by atoms with Crippen molar-refractivity contribution in [2.45, 2.75) is 32.7 Å². The Hall–Kier alpha value is -2.09. The average Bonchev–Trinajstić information content (AvgIpc) is 2.38. The first kappa shape index (κ1) is 13.3. The van der Waals surface area contributed by atoms with Gasteiger partial charge in [0.2, 0.25) is 5.91 Å². The van der Waals surface area contributed by atoms with E-state index < -0.39 is 0 Å². The van der Waals surface area contributed by atoms with Gasteiger partial charge >= 0.3 is 0 Å². The molecule has 0 unspecified atom stereocenters. The molecule has 5 heteroatoms. The van der Waals surface area contributed by atoms with Crippen molar-refractivity contribution in [3.63, 3.8) is 0 Å². The molecule has 1 aromatic rings. The summed E-state index contributed by atoms with van der Waals surface area (Å²) in [5, 5.41) is 12.2. The number of carbonyl (C=O) groups is 1. The topological polar surface area (TPSA) is 69.0 Å². The van der Waals surface area contributed by atoms with Crippen LogP contribution in [-0.4, -0.2) is 30.0 Å². The van der Waals surface area contributed by atoms with Crippen molar-refractivity contribution in [3.05, 3.63) is 23.4 Å². The minimum absolute atomic E-state index is 0.0184. The van der Waals surface area contributed by atoms with Crippen LogP contribution < -0.4 is 10.2 Å². The second-order valence-corrected chi connectivity index (χ2v) is 4.90. The maximum absolute atomic E-state index is 11.0. The lowest BCUT2D eigenvalue weighted by Gasteiger charge is -2.33. The van der Waals surface area contributed by atoms with Gasteiger partial charge in [-0.2, -0.15) is 5.26 Å². The lowest BCUT2D eigenvalue weighted by atomic mass is 10.0. The molecule has 0 radical (unpaired) electrons. The van der Waals surface area contributed by atoms with Crippen LogP contribution in [0.25, 0.3) is 0 Å². The minimum Gasteiger partial charge on any atom is -0.355 e. The Labute approximate surface area is 113 Å². The molecule has 1 amide bonds. The van der Waals surface area contributed by atoms with E-state index in [1.54, 1.807) is 13.1 Å². The monoisotopic (exact) mass is 258 g/mol. The number of piperidine rings is 1. The largest absolute Gasteiger partial charge is 0.355 e. The third-order valence-corrected chi connectivity index (χ3v) is 3.45. The van der Waals surface area contributed by atoms with Gasteiger partial charge in [-0.25, -0.2) is 4.98 Å². The zero-order chi connectivity index (χ0) is 13.8. The summed E-state index contributed by atoms with van der Waals surface area (Å²) in [6.07, 6.45) is 3.52. The molecule has 0 aromatic carbocycles. The number of hydrogen-bond acceptors (Lipinski definition) is 4. The Bertz CT molecular complexity index is 513. The predicted octanol–water partition coefficient (Wildman–Crippen LogP) is 1.37. The quantitative estimate of drug-likeness (QED) is 0.869. The summed E-state index contributed by atoms with van der Waals surface area (Å²) in [5.74, 6) is 0.786. The van der Waals surface area contributed by atoms with Crippen LogP contribution in [0.5, 0.6) is 0 Å². The van der Waals surface area contributed by atoms with Crippen LogP contribution in [0.3, 0.4) is 0 Å². The molecule has 0 atom stereocenters. The third-order valence-electron chi connectivity index (χ3n) is 3.45. The number of amides is 1. The van der Waals surface area contributed by atoms with E-state index in [-0.39, 0.29) is 11.9 Å². The molecule has 0 aliphatic carbocycles. The van der Waals surface area contributed by atoms with Crippen molar-refractivity contribution in [3.8, 4) is 6.07 Å². The zero-order valence-corrected chi connectivity index (χ0v) is 11.3. The van der Waals surface area contributed by atoms with E-state index in [1.165, 1.54) is 0 Å². The first-order valence-electron chi connectivity index (χ1n) is 6.49. The lowest BCUT2D eigenvalue weighted by Crippen LogP contribution is -2.44. The fourth-order valence-electron chi connectivity index (χ4n) is 2.44. The molecule has 1 aliphatic heterocycles. The number of nitrogens with one attached hydrogen (secondary N) is 1. The van der Waals surface area contributed by atoms with E-state index in [0.717, 1.165) is 37.3 Å². The van der Waals surface area contributed by atoms with Crippen molar-refractivity contribution < 1.29 is 4.79 Å². The van der Waals surface area contributed by atoms with Gasteiger partial charge in [0.25, 0.3) is 0 Å². The summed E-state index contributed by atoms with van der Waals surface area (Å²) in [6.45, 7) is 5.10. The zero-order valence-electron chi connectivity index (χ0n) is 11.3. The summed E-state index contributed by atoms with van der Waals surface area (Å²) < 4.78 is 0. The molecule has 1 N–H and O–H groups in total. The van der Waals surface area contributed by atoms with Gasteiger partial charge in [-0.3, -0.25) is 4.79 Å². The molecule has 1 aromatic heterocycles. The second kappa shape index (κ2) is 5.70. The summed E-state index contributed by atoms with van der Waals surface area (Å²) in [6, 6.07) is 4.32. The highest BCUT2D eigenvalue weighted by atomic mass is 16.1. The lowest BCUT2D eigenvalue weighted by molar-refractivity contribution is -0.119. The van der Waals surface area contributed by atoms with Crippen molar-refractivity contribution in [1.29, 1.82) is 5.26 Å². The fourth-order valence-corrected chi connectivity index (χ4v) is 2.44. The molecule has 2 heterocycles. The molecule has 5 nitrogen and oxygen atoms in total. The summed E-state index contributed by atoms with van der Waals surface area (Å²) in [4.78, 5) is 17.5. The van der Waals surface area contributed by atoms with E-state index >= 15 is 0 Å². The first-order chi connectivity index (χ1) is 9.11. The van der Waals surface area contributed by atoms with Crippen LogP contribution in [0.2, 0.25) is 0 Å².